The van der Waals surface area contributed by atoms with Crippen LogP contribution in [0.4, 0.5) is 5.69 Å². The summed E-state index contributed by atoms with van der Waals surface area (Å²) in [6.45, 7) is -0.398. The van der Waals surface area contributed by atoms with E-state index in [0.29, 0.717) is 0 Å². The van der Waals surface area contributed by atoms with Crippen LogP contribution >= 0.6 is 34.8 Å². The SMILES string of the molecule is O=S(=O)(Nc1ccccc1Cl)c1cc(CO)c(Cl)cc1Cl. The molecule has 8 heteroatoms. The molecule has 0 fully saturated rings. The van der Waals surface area contributed by atoms with Crippen LogP contribution < -0.4 is 4.72 Å². The third-order valence-corrected chi connectivity index (χ3v) is 5.19. The molecule has 4 nitrogen and oxygen atoms in total. The second-order valence-corrected chi connectivity index (χ2v) is 6.99. The number of rotatable bonds is 4. The minimum atomic E-state index is -3.95. The van der Waals surface area contributed by atoms with Crippen LogP contribution in [0, 0.1) is 0 Å². The standard InChI is InChI=1S/C13H10Cl3NO3S/c14-9-3-1-2-4-12(9)17-21(19,20)13-5-8(7-18)10(15)6-11(13)16/h1-6,17-18H,7H2. The molecule has 0 aromatic heterocycles. The van der Waals surface area contributed by atoms with Crippen molar-refractivity contribution in [2.45, 2.75) is 11.5 Å². The molecule has 2 rings (SSSR count). The molecule has 2 aromatic rings. The summed E-state index contributed by atoms with van der Waals surface area (Å²) >= 11 is 17.7. The molecule has 0 aliphatic rings. The molecule has 0 heterocycles. The predicted molar refractivity (Wildman–Crippen MR) is 84.6 cm³/mol. The lowest BCUT2D eigenvalue weighted by molar-refractivity contribution is 0.281. The summed E-state index contributed by atoms with van der Waals surface area (Å²) in [5.74, 6) is 0. The first kappa shape index (κ1) is 16.4. The van der Waals surface area contributed by atoms with Crippen molar-refractivity contribution in [1.29, 1.82) is 0 Å². The highest BCUT2D eigenvalue weighted by atomic mass is 35.5. The zero-order valence-electron chi connectivity index (χ0n) is 10.5. The Kier molecular flexibility index (Phi) is 5.01. The number of anilines is 1. The first-order valence-electron chi connectivity index (χ1n) is 5.71. The van der Waals surface area contributed by atoms with Crippen LogP contribution in [-0.4, -0.2) is 13.5 Å². The summed E-state index contributed by atoms with van der Waals surface area (Å²) in [5.41, 5.74) is 0.497. The van der Waals surface area contributed by atoms with E-state index in [1.807, 2.05) is 0 Å². The lowest BCUT2D eigenvalue weighted by Crippen LogP contribution is -2.14. The third-order valence-electron chi connectivity index (χ3n) is 2.68. The monoisotopic (exact) mass is 365 g/mol. The summed E-state index contributed by atoms with van der Waals surface area (Å²) < 4.78 is 27.1. The van der Waals surface area contributed by atoms with Crippen molar-refractivity contribution in [3.05, 3.63) is 57.0 Å². The van der Waals surface area contributed by atoms with Crippen molar-refractivity contribution in [1.82, 2.24) is 0 Å². The number of hydrogen-bond donors (Lipinski definition) is 2. The molecule has 2 N–H and O–H groups in total. The normalized spacial score (nSPS) is 11.4. The van der Waals surface area contributed by atoms with Gasteiger partial charge in [0.15, 0.2) is 0 Å². The van der Waals surface area contributed by atoms with E-state index in [2.05, 4.69) is 4.72 Å². The van der Waals surface area contributed by atoms with Gasteiger partial charge in [-0.15, -0.1) is 0 Å². The predicted octanol–water partition coefficient (Wildman–Crippen LogP) is 3.94. The highest BCUT2D eigenvalue weighted by molar-refractivity contribution is 7.92. The van der Waals surface area contributed by atoms with Crippen molar-refractivity contribution in [2.24, 2.45) is 0 Å². The number of aliphatic hydroxyl groups is 1. The number of nitrogens with one attached hydrogen (secondary N) is 1. The Morgan fingerprint density at radius 3 is 2.29 bits per heavy atom. The molecule has 21 heavy (non-hydrogen) atoms. The number of para-hydroxylation sites is 1. The van der Waals surface area contributed by atoms with Gasteiger partial charge in [0.1, 0.15) is 4.90 Å². The molecule has 0 saturated carbocycles. The maximum atomic E-state index is 12.4. The third kappa shape index (κ3) is 3.62. The Morgan fingerprint density at radius 2 is 1.67 bits per heavy atom. The maximum Gasteiger partial charge on any atom is 0.263 e. The lowest BCUT2D eigenvalue weighted by Gasteiger charge is -2.12. The second kappa shape index (κ2) is 6.42. The molecule has 112 valence electrons. The van der Waals surface area contributed by atoms with Crippen LogP contribution in [0.25, 0.3) is 0 Å². The van der Waals surface area contributed by atoms with Crippen LogP contribution in [0.1, 0.15) is 5.56 Å². The first-order valence-corrected chi connectivity index (χ1v) is 8.33. The Balaban J connectivity index is 2.47. The quantitative estimate of drug-likeness (QED) is 0.861. The number of halogens is 3. The van der Waals surface area contributed by atoms with E-state index < -0.39 is 16.6 Å². The highest BCUT2D eigenvalue weighted by Gasteiger charge is 2.21. The molecule has 0 spiro atoms. The zero-order valence-corrected chi connectivity index (χ0v) is 13.6. The molecule has 0 unspecified atom stereocenters. The number of benzene rings is 2. The van der Waals surface area contributed by atoms with Gasteiger partial charge in [-0.05, 0) is 29.8 Å². The van der Waals surface area contributed by atoms with E-state index in [-0.39, 0.29) is 31.2 Å². The lowest BCUT2D eigenvalue weighted by atomic mass is 10.2. The van der Waals surface area contributed by atoms with Crippen LogP contribution in [0.15, 0.2) is 41.3 Å². The van der Waals surface area contributed by atoms with Gasteiger partial charge in [0.05, 0.1) is 22.3 Å². The fourth-order valence-electron chi connectivity index (χ4n) is 1.64. The van der Waals surface area contributed by atoms with Crippen molar-refractivity contribution in [3.8, 4) is 0 Å². The molecule has 0 saturated heterocycles. The molecule has 0 aliphatic carbocycles. The van der Waals surface area contributed by atoms with E-state index in [9.17, 15) is 8.42 Å². The average molecular weight is 367 g/mol. The molecule has 0 bridgehead atoms. The molecule has 0 atom stereocenters. The van der Waals surface area contributed by atoms with E-state index in [4.69, 9.17) is 39.9 Å². The van der Waals surface area contributed by atoms with Gasteiger partial charge in [-0.3, -0.25) is 4.72 Å². The highest BCUT2D eigenvalue weighted by Crippen LogP contribution is 2.31. The minimum absolute atomic E-state index is 0.0447. The maximum absolute atomic E-state index is 12.4. The van der Waals surface area contributed by atoms with E-state index in [0.717, 1.165) is 0 Å². The summed E-state index contributed by atoms with van der Waals surface area (Å²) in [6, 6.07) is 8.91. The molecule has 0 radical (unpaired) electrons. The van der Waals surface area contributed by atoms with Crippen molar-refractivity contribution < 1.29 is 13.5 Å². The Morgan fingerprint density at radius 1 is 1.00 bits per heavy atom. The molecular weight excluding hydrogens is 357 g/mol. The van der Waals surface area contributed by atoms with Crippen LogP contribution in [0.3, 0.4) is 0 Å². The zero-order chi connectivity index (χ0) is 15.6. The molecule has 0 aliphatic heterocycles. The largest absolute Gasteiger partial charge is 0.392 e. The van der Waals surface area contributed by atoms with Crippen molar-refractivity contribution >= 4 is 50.5 Å². The molecule has 0 amide bonds. The molecule has 2 aromatic carbocycles. The Labute approximate surface area is 137 Å². The van der Waals surface area contributed by atoms with Gasteiger partial charge in [-0.25, -0.2) is 8.42 Å². The van der Waals surface area contributed by atoms with Gasteiger partial charge in [0, 0.05) is 5.02 Å². The summed E-state index contributed by atoms with van der Waals surface area (Å²) in [6.07, 6.45) is 0. The van der Waals surface area contributed by atoms with Crippen molar-refractivity contribution in [2.75, 3.05) is 4.72 Å². The Hall–Kier alpha value is -0.980. The summed E-state index contributed by atoms with van der Waals surface area (Å²) in [5, 5.41) is 9.58. The van der Waals surface area contributed by atoms with Crippen LogP contribution in [-0.2, 0) is 16.6 Å². The Bertz CT molecular complexity index is 778. The van der Waals surface area contributed by atoms with Gasteiger partial charge in [0.25, 0.3) is 10.0 Å². The van der Waals surface area contributed by atoms with Gasteiger partial charge >= 0.3 is 0 Å². The number of hydrogen-bond acceptors (Lipinski definition) is 3. The summed E-state index contributed by atoms with van der Waals surface area (Å²) in [4.78, 5) is -0.183. The van der Waals surface area contributed by atoms with E-state index >= 15 is 0 Å². The van der Waals surface area contributed by atoms with Gasteiger partial charge in [-0.2, -0.15) is 0 Å². The minimum Gasteiger partial charge on any atom is -0.392 e. The average Bonchev–Trinajstić information content (AvgIpc) is 2.41. The summed E-state index contributed by atoms with van der Waals surface area (Å²) in [7, 11) is -3.95. The number of sulfonamides is 1. The fourth-order valence-corrected chi connectivity index (χ4v) is 3.82. The second-order valence-electron chi connectivity index (χ2n) is 4.12. The fraction of sp³-hybridized carbons (Fsp3) is 0.0769. The van der Waals surface area contributed by atoms with Gasteiger partial charge in [-0.1, -0.05) is 46.9 Å². The number of aliphatic hydroxyl groups excluding tert-OH is 1. The smallest absolute Gasteiger partial charge is 0.263 e. The molecular formula is C13H10Cl3NO3S. The van der Waals surface area contributed by atoms with Gasteiger partial charge < -0.3 is 5.11 Å². The van der Waals surface area contributed by atoms with Crippen molar-refractivity contribution in [3.63, 3.8) is 0 Å². The van der Waals surface area contributed by atoms with Gasteiger partial charge in [0.2, 0.25) is 0 Å². The van der Waals surface area contributed by atoms with E-state index in [1.165, 1.54) is 18.2 Å². The van der Waals surface area contributed by atoms with Crippen LogP contribution in [0.2, 0.25) is 15.1 Å². The van der Waals surface area contributed by atoms with E-state index in [1.54, 1.807) is 18.2 Å². The topological polar surface area (TPSA) is 66.4 Å². The first-order chi connectivity index (χ1) is 9.85. The van der Waals surface area contributed by atoms with Crippen LogP contribution in [0.5, 0.6) is 0 Å².